The highest BCUT2D eigenvalue weighted by Crippen LogP contribution is 2.33. The van der Waals surface area contributed by atoms with Gasteiger partial charge in [0.25, 0.3) is 5.69 Å². The Labute approximate surface area is 123 Å². The lowest BCUT2D eigenvalue weighted by Crippen LogP contribution is -2.31. The van der Waals surface area contributed by atoms with E-state index in [1.807, 2.05) is 0 Å². The molecule has 0 unspecified atom stereocenters. The van der Waals surface area contributed by atoms with Crippen molar-refractivity contribution >= 4 is 33.3 Å². The Bertz CT molecular complexity index is 524. The summed E-state index contributed by atoms with van der Waals surface area (Å²) < 4.78 is 18.4. The minimum atomic E-state index is -0.632. The van der Waals surface area contributed by atoms with E-state index < -0.39 is 16.7 Å². The van der Waals surface area contributed by atoms with Crippen LogP contribution in [0.1, 0.15) is 13.8 Å². The number of hydrogen-bond acceptors (Lipinski definition) is 5. The van der Waals surface area contributed by atoms with Gasteiger partial charge in [0, 0.05) is 18.7 Å². The van der Waals surface area contributed by atoms with Crippen LogP contribution in [0.15, 0.2) is 16.6 Å². The van der Waals surface area contributed by atoms with E-state index in [0.717, 1.165) is 12.1 Å². The fraction of sp³-hybridized carbons (Fsp3) is 0.417. The summed E-state index contributed by atoms with van der Waals surface area (Å²) in [5.41, 5.74) is -0.226. The van der Waals surface area contributed by atoms with E-state index in [-0.39, 0.29) is 29.0 Å². The molecule has 0 aliphatic rings. The smallest absolute Gasteiger partial charge is 0.325 e. The normalized spacial score (nSPS) is 10.2. The van der Waals surface area contributed by atoms with Gasteiger partial charge in [0.05, 0.1) is 16.0 Å². The molecule has 0 amide bonds. The standard InChI is InChI=1S/C12H14BrFN2O4/c1-3-15(7-12(17)20-4-2)10-6-9(14)8(13)5-11(10)16(18)19/h5-6H,3-4,7H2,1-2H3. The third-order valence-corrected chi connectivity index (χ3v) is 3.17. The number of nitro benzene ring substituents is 1. The highest BCUT2D eigenvalue weighted by Gasteiger charge is 2.23. The zero-order chi connectivity index (χ0) is 15.3. The van der Waals surface area contributed by atoms with Crippen molar-refractivity contribution in [3.8, 4) is 0 Å². The van der Waals surface area contributed by atoms with Crippen molar-refractivity contribution in [2.45, 2.75) is 13.8 Å². The molecule has 0 saturated heterocycles. The minimum Gasteiger partial charge on any atom is -0.465 e. The van der Waals surface area contributed by atoms with Crippen molar-refractivity contribution < 1.29 is 18.8 Å². The number of anilines is 1. The number of hydrogen-bond donors (Lipinski definition) is 0. The number of carbonyl (C=O) groups is 1. The van der Waals surface area contributed by atoms with Crippen LogP contribution in [0.4, 0.5) is 15.8 Å². The van der Waals surface area contributed by atoms with Crippen LogP contribution in [0.3, 0.4) is 0 Å². The topological polar surface area (TPSA) is 72.7 Å². The lowest BCUT2D eigenvalue weighted by atomic mass is 10.2. The summed E-state index contributed by atoms with van der Waals surface area (Å²) in [5, 5.41) is 11.0. The molecular formula is C12H14BrFN2O4. The molecule has 0 radical (unpaired) electrons. The first kappa shape index (κ1) is 16.4. The molecule has 0 saturated carbocycles. The van der Waals surface area contributed by atoms with Gasteiger partial charge in [-0.3, -0.25) is 14.9 Å². The van der Waals surface area contributed by atoms with E-state index in [9.17, 15) is 19.3 Å². The Morgan fingerprint density at radius 1 is 1.50 bits per heavy atom. The number of halogens is 2. The fourth-order valence-corrected chi connectivity index (χ4v) is 1.99. The van der Waals surface area contributed by atoms with Gasteiger partial charge < -0.3 is 9.64 Å². The van der Waals surface area contributed by atoms with Crippen LogP contribution in [0.25, 0.3) is 0 Å². The molecule has 0 bridgehead atoms. The van der Waals surface area contributed by atoms with Crippen LogP contribution in [-0.4, -0.2) is 30.6 Å². The molecule has 8 heteroatoms. The number of likely N-dealkylation sites (N-methyl/N-ethyl adjacent to an activating group) is 1. The molecular weight excluding hydrogens is 335 g/mol. The molecule has 6 nitrogen and oxygen atoms in total. The maximum atomic E-state index is 13.6. The third kappa shape index (κ3) is 3.89. The molecule has 0 fully saturated rings. The molecule has 0 N–H and O–H groups in total. The van der Waals surface area contributed by atoms with Crippen LogP contribution in [0, 0.1) is 15.9 Å². The molecule has 1 rings (SSSR count). The van der Waals surface area contributed by atoms with Gasteiger partial charge in [0.15, 0.2) is 0 Å². The molecule has 0 aromatic heterocycles. The van der Waals surface area contributed by atoms with Crippen molar-refractivity contribution in [2.24, 2.45) is 0 Å². The Kier molecular flexibility index (Phi) is 5.87. The largest absolute Gasteiger partial charge is 0.465 e. The van der Waals surface area contributed by atoms with Crippen molar-refractivity contribution in [2.75, 3.05) is 24.6 Å². The Morgan fingerprint density at radius 3 is 2.65 bits per heavy atom. The molecule has 1 aromatic rings. The Hall–Kier alpha value is -1.70. The Morgan fingerprint density at radius 2 is 2.15 bits per heavy atom. The monoisotopic (exact) mass is 348 g/mol. The van der Waals surface area contributed by atoms with Gasteiger partial charge in [-0.05, 0) is 29.8 Å². The number of nitrogens with zero attached hydrogens (tertiary/aromatic N) is 2. The lowest BCUT2D eigenvalue weighted by molar-refractivity contribution is -0.384. The number of ether oxygens (including phenoxy) is 1. The van der Waals surface area contributed by atoms with Gasteiger partial charge >= 0.3 is 5.97 Å². The van der Waals surface area contributed by atoms with Gasteiger partial charge in [0.1, 0.15) is 18.0 Å². The van der Waals surface area contributed by atoms with Gasteiger partial charge in [0.2, 0.25) is 0 Å². The van der Waals surface area contributed by atoms with E-state index in [4.69, 9.17) is 4.74 Å². The molecule has 0 aliphatic heterocycles. The van der Waals surface area contributed by atoms with Gasteiger partial charge in [-0.25, -0.2) is 4.39 Å². The minimum absolute atomic E-state index is 0.000128. The van der Waals surface area contributed by atoms with Gasteiger partial charge in [-0.15, -0.1) is 0 Å². The van der Waals surface area contributed by atoms with E-state index in [1.165, 1.54) is 4.90 Å². The first-order valence-corrected chi connectivity index (χ1v) is 6.74. The highest BCUT2D eigenvalue weighted by atomic mass is 79.9. The summed E-state index contributed by atoms with van der Waals surface area (Å²) in [6.07, 6.45) is 0. The second-order valence-electron chi connectivity index (χ2n) is 3.83. The van der Waals surface area contributed by atoms with Crippen LogP contribution in [0.5, 0.6) is 0 Å². The summed E-state index contributed by atoms with van der Waals surface area (Å²) in [6.45, 7) is 3.72. The van der Waals surface area contributed by atoms with Crippen molar-refractivity contribution in [1.82, 2.24) is 0 Å². The number of carbonyl (C=O) groups excluding carboxylic acids is 1. The molecule has 0 atom stereocenters. The van der Waals surface area contributed by atoms with Gasteiger partial charge in [-0.2, -0.15) is 0 Å². The SMILES string of the molecule is CCOC(=O)CN(CC)c1cc(F)c(Br)cc1[N+](=O)[O-]. The predicted octanol–water partition coefficient (Wildman–Crippen LogP) is 2.89. The summed E-state index contributed by atoms with van der Waals surface area (Å²) >= 11 is 2.91. The van der Waals surface area contributed by atoms with E-state index >= 15 is 0 Å². The summed E-state index contributed by atoms with van der Waals surface area (Å²) in [5.74, 6) is -1.15. The van der Waals surface area contributed by atoms with Crippen molar-refractivity contribution in [1.29, 1.82) is 0 Å². The molecule has 20 heavy (non-hydrogen) atoms. The average molecular weight is 349 g/mol. The van der Waals surface area contributed by atoms with Crippen molar-refractivity contribution in [3.05, 3.63) is 32.5 Å². The first-order chi connectivity index (χ1) is 9.40. The average Bonchev–Trinajstić information content (AvgIpc) is 2.39. The third-order valence-electron chi connectivity index (χ3n) is 2.56. The molecule has 0 aliphatic carbocycles. The maximum absolute atomic E-state index is 13.6. The second kappa shape index (κ2) is 7.18. The summed E-state index contributed by atoms with van der Waals surface area (Å²) in [4.78, 5) is 23.3. The lowest BCUT2D eigenvalue weighted by Gasteiger charge is -2.21. The molecule has 0 spiro atoms. The summed E-state index contributed by atoms with van der Waals surface area (Å²) in [6, 6.07) is 2.11. The fourth-order valence-electron chi connectivity index (χ4n) is 1.66. The van der Waals surface area contributed by atoms with Crippen LogP contribution in [-0.2, 0) is 9.53 Å². The maximum Gasteiger partial charge on any atom is 0.325 e. The highest BCUT2D eigenvalue weighted by molar-refractivity contribution is 9.10. The van der Waals surface area contributed by atoms with E-state index in [0.29, 0.717) is 6.54 Å². The van der Waals surface area contributed by atoms with E-state index in [1.54, 1.807) is 13.8 Å². The predicted molar refractivity (Wildman–Crippen MR) is 75.3 cm³/mol. The van der Waals surface area contributed by atoms with Crippen molar-refractivity contribution in [3.63, 3.8) is 0 Å². The Balaban J connectivity index is 3.16. The number of rotatable bonds is 6. The second-order valence-corrected chi connectivity index (χ2v) is 4.69. The molecule has 110 valence electrons. The number of benzene rings is 1. The van der Waals surface area contributed by atoms with E-state index in [2.05, 4.69) is 15.9 Å². The number of esters is 1. The zero-order valence-corrected chi connectivity index (χ0v) is 12.6. The van der Waals surface area contributed by atoms with Gasteiger partial charge in [-0.1, -0.05) is 0 Å². The molecule has 0 heterocycles. The quantitative estimate of drug-likeness (QED) is 0.449. The van der Waals surface area contributed by atoms with Crippen LogP contribution in [0.2, 0.25) is 0 Å². The zero-order valence-electron chi connectivity index (χ0n) is 11.1. The van der Waals surface area contributed by atoms with Crippen LogP contribution >= 0.6 is 15.9 Å². The summed E-state index contributed by atoms with van der Waals surface area (Å²) in [7, 11) is 0. The molecule has 1 aromatic carbocycles. The van der Waals surface area contributed by atoms with Crippen LogP contribution < -0.4 is 4.90 Å². The first-order valence-electron chi connectivity index (χ1n) is 5.94. The number of nitro groups is 1.